The quantitative estimate of drug-likeness (QED) is 0.509. The highest BCUT2D eigenvalue weighted by atomic mass is 19.1. The molecule has 2 amide bonds. The molecule has 0 aliphatic carbocycles. The summed E-state index contributed by atoms with van der Waals surface area (Å²) in [5, 5.41) is 15.7. The average Bonchev–Trinajstić information content (AvgIpc) is 3.44. The fraction of sp³-hybridized carbons (Fsp3) is 0.217. The fourth-order valence-corrected chi connectivity index (χ4v) is 3.91. The highest BCUT2D eigenvalue weighted by Crippen LogP contribution is 2.31. The number of hydrogen-bond donors (Lipinski definition) is 1. The van der Waals surface area contributed by atoms with Crippen LogP contribution >= 0.6 is 0 Å². The number of fused-ring (bicyclic) bond motifs is 1. The minimum absolute atomic E-state index is 0.238. The number of aryl methyl sites for hydroxylation is 1. The Labute approximate surface area is 188 Å². The summed E-state index contributed by atoms with van der Waals surface area (Å²) in [5.41, 5.74) is 3.60. The lowest BCUT2D eigenvalue weighted by Crippen LogP contribution is -2.39. The molecule has 1 aliphatic heterocycles. The van der Waals surface area contributed by atoms with E-state index in [4.69, 9.17) is 9.15 Å². The van der Waals surface area contributed by atoms with Crippen molar-refractivity contribution in [2.75, 3.05) is 19.0 Å². The van der Waals surface area contributed by atoms with Crippen LogP contribution in [-0.2, 0) is 20.0 Å². The molecule has 0 saturated carbocycles. The molecule has 168 valence electrons. The Morgan fingerprint density at radius 2 is 1.88 bits per heavy atom. The monoisotopic (exact) mass is 448 g/mol. The van der Waals surface area contributed by atoms with Crippen molar-refractivity contribution in [2.45, 2.75) is 13.0 Å². The number of carbonyl (C=O) groups is 1. The smallest absolute Gasteiger partial charge is 0.322 e. The standard InChI is InChI=1S/C23H21FN6O3/c1-29-18-11-12-30(23(31)25-17-5-3-4-6-19(17)32-2)13-16(18)20(28-29)22-27-26-21(33-22)14-7-9-15(24)10-8-14/h3-10H,11-13H2,1-2H3,(H,25,31). The van der Waals surface area contributed by atoms with Crippen LogP contribution in [0.4, 0.5) is 14.9 Å². The van der Waals surface area contributed by atoms with Gasteiger partial charge in [0.1, 0.15) is 11.6 Å². The lowest BCUT2D eigenvalue weighted by Gasteiger charge is -2.28. The second-order valence-corrected chi connectivity index (χ2v) is 7.62. The van der Waals surface area contributed by atoms with Gasteiger partial charge < -0.3 is 19.4 Å². The van der Waals surface area contributed by atoms with E-state index in [1.807, 2.05) is 19.2 Å². The molecular weight excluding hydrogens is 427 g/mol. The Kier molecular flexibility index (Phi) is 5.25. The lowest BCUT2D eigenvalue weighted by molar-refractivity contribution is 0.205. The van der Waals surface area contributed by atoms with Crippen LogP contribution in [0.2, 0.25) is 0 Å². The highest BCUT2D eigenvalue weighted by Gasteiger charge is 2.29. The van der Waals surface area contributed by atoms with Crippen LogP contribution in [0.15, 0.2) is 52.9 Å². The molecule has 0 unspecified atom stereocenters. The summed E-state index contributed by atoms with van der Waals surface area (Å²) in [7, 11) is 3.41. The van der Waals surface area contributed by atoms with Crippen LogP contribution < -0.4 is 10.1 Å². The van der Waals surface area contributed by atoms with Crippen molar-refractivity contribution in [1.29, 1.82) is 0 Å². The van der Waals surface area contributed by atoms with Crippen molar-refractivity contribution in [3.63, 3.8) is 0 Å². The molecule has 0 spiro atoms. The molecule has 2 aromatic carbocycles. The molecule has 2 aromatic heterocycles. The zero-order valence-electron chi connectivity index (χ0n) is 18.1. The van der Waals surface area contributed by atoms with E-state index in [0.29, 0.717) is 42.2 Å². The van der Waals surface area contributed by atoms with Crippen LogP contribution in [0.3, 0.4) is 0 Å². The van der Waals surface area contributed by atoms with Crippen molar-refractivity contribution >= 4 is 11.7 Å². The maximum absolute atomic E-state index is 13.2. The van der Waals surface area contributed by atoms with Gasteiger partial charge in [-0.3, -0.25) is 4.68 Å². The van der Waals surface area contributed by atoms with E-state index >= 15 is 0 Å². The van der Waals surface area contributed by atoms with Gasteiger partial charge in [-0.05, 0) is 36.4 Å². The van der Waals surface area contributed by atoms with Gasteiger partial charge in [-0.25, -0.2) is 9.18 Å². The summed E-state index contributed by atoms with van der Waals surface area (Å²) in [4.78, 5) is 14.7. The van der Waals surface area contributed by atoms with E-state index in [9.17, 15) is 9.18 Å². The van der Waals surface area contributed by atoms with E-state index in [1.54, 1.807) is 41.0 Å². The van der Waals surface area contributed by atoms with Gasteiger partial charge in [0.15, 0.2) is 5.69 Å². The van der Waals surface area contributed by atoms with Gasteiger partial charge in [0.2, 0.25) is 5.89 Å². The number of rotatable bonds is 4. The molecule has 0 radical (unpaired) electrons. The summed E-state index contributed by atoms with van der Waals surface area (Å²) >= 11 is 0. The Morgan fingerprint density at radius 1 is 1.12 bits per heavy atom. The first kappa shape index (κ1) is 20.7. The molecule has 0 saturated heterocycles. The lowest BCUT2D eigenvalue weighted by atomic mass is 10.1. The van der Waals surface area contributed by atoms with E-state index in [1.165, 1.54) is 12.1 Å². The number of anilines is 1. The maximum atomic E-state index is 13.2. The third kappa shape index (κ3) is 3.91. The van der Waals surface area contributed by atoms with Crippen LogP contribution in [0, 0.1) is 5.82 Å². The average molecular weight is 448 g/mol. The number of methoxy groups -OCH3 is 1. The van der Waals surface area contributed by atoms with Gasteiger partial charge in [-0.15, -0.1) is 10.2 Å². The topological polar surface area (TPSA) is 98.3 Å². The van der Waals surface area contributed by atoms with Gasteiger partial charge in [0, 0.05) is 36.8 Å². The summed E-state index contributed by atoms with van der Waals surface area (Å²) in [5.74, 6) is 0.762. The number of amides is 2. The Bertz CT molecular complexity index is 1310. The van der Waals surface area contributed by atoms with Crippen LogP contribution in [0.25, 0.3) is 23.0 Å². The number of nitrogens with one attached hydrogen (secondary N) is 1. The number of hydrogen-bond acceptors (Lipinski definition) is 6. The van der Waals surface area contributed by atoms with Crippen LogP contribution in [-0.4, -0.2) is 44.6 Å². The fourth-order valence-electron chi connectivity index (χ4n) is 3.91. The molecule has 33 heavy (non-hydrogen) atoms. The van der Waals surface area contributed by atoms with E-state index in [-0.39, 0.29) is 23.6 Å². The zero-order valence-corrected chi connectivity index (χ0v) is 18.1. The van der Waals surface area contributed by atoms with E-state index in [0.717, 1.165) is 11.3 Å². The van der Waals surface area contributed by atoms with Gasteiger partial charge in [0.25, 0.3) is 5.89 Å². The van der Waals surface area contributed by atoms with Gasteiger partial charge in [-0.2, -0.15) is 5.10 Å². The third-order valence-electron chi connectivity index (χ3n) is 5.60. The minimum Gasteiger partial charge on any atom is -0.495 e. The van der Waals surface area contributed by atoms with Crippen LogP contribution in [0.1, 0.15) is 11.3 Å². The zero-order chi connectivity index (χ0) is 22.9. The SMILES string of the molecule is COc1ccccc1NC(=O)N1CCc2c(c(-c3nnc(-c4ccc(F)cc4)o3)nn2C)C1. The first-order chi connectivity index (χ1) is 16.0. The molecular formula is C23H21FN6O3. The minimum atomic E-state index is -0.344. The molecule has 4 aromatic rings. The van der Waals surface area contributed by atoms with Gasteiger partial charge in [-0.1, -0.05) is 12.1 Å². The number of urea groups is 1. The predicted molar refractivity (Wildman–Crippen MR) is 118 cm³/mol. The van der Waals surface area contributed by atoms with Crippen molar-refractivity contribution in [3.8, 4) is 28.8 Å². The normalized spacial score (nSPS) is 13.0. The van der Waals surface area contributed by atoms with Gasteiger partial charge >= 0.3 is 6.03 Å². The van der Waals surface area contributed by atoms with E-state index < -0.39 is 0 Å². The molecule has 1 aliphatic rings. The van der Waals surface area contributed by atoms with Crippen molar-refractivity contribution in [3.05, 3.63) is 65.6 Å². The summed E-state index contributed by atoms with van der Waals surface area (Å²) in [6, 6.07) is 12.8. The molecule has 0 fully saturated rings. The summed E-state index contributed by atoms with van der Waals surface area (Å²) in [6.07, 6.45) is 0.636. The second-order valence-electron chi connectivity index (χ2n) is 7.62. The predicted octanol–water partition coefficient (Wildman–Crippen LogP) is 3.88. The number of aromatic nitrogens is 4. The second kappa shape index (κ2) is 8.38. The number of ether oxygens (including phenoxy) is 1. The first-order valence-corrected chi connectivity index (χ1v) is 10.4. The molecule has 3 heterocycles. The first-order valence-electron chi connectivity index (χ1n) is 10.4. The summed E-state index contributed by atoms with van der Waals surface area (Å²) < 4.78 is 26.2. The van der Waals surface area contributed by atoms with Crippen molar-refractivity contribution in [1.82, 2.24) is 24.9 Å². The Hall–Kier alpha value is -4.21. The third-order valence-corrected chi connectivity index (χ3v) is 5.60. The van der Waals surface area contributed by atoms with Crippen molar-refractivity contribution < 1.29 is 18.3 Å². The number of halogens is 1. The molecule has 0 bridgehead atoms. The van der Waals surface area contributed by atoms with Crippen LogP contribution in [0.5, 0.6) is 5.75 Å². The van der Waals surface area contributed by atoms with Gasteiger partial charge in [0.05, 0.1) is 19.3 Å². The number of nitrogens with zero attached hydrogens (tertiary/aromatic N) is 5. The number of carbonyl (C=O) groups excluding carboxylic acids is 1. The Morgan fingerprint density at radius 3 is 2.67 bits per heavy atom. The summed E-state index contributed by atoms with van der Waals surface area (Å²) in [6.45, 7) is 0.880. The number of para-hydroxylation sites is 2. The largest absolute Gasteiger partial charge is 0.495 e. The maximum Gasteiger partial charge on any atom is 0.322 e. The highest BCUT2D eigenvalue weighted by molar-refractivity contribution is 5.91. The molecule has 1 N–H and O–H groups in total. The molecule has 5 rings (SSSR count). The molecule has 10 heteroatoms. The van der Waals surface area contributed by atoms with Crippen molar-refractivity contribution in [2.24, 2.45) is 7.05 Å². The number of benzene rings is 2. The molecule has 9 nitrogen and oxygen atoms in total. The van der Waals surface area contributed by atoms with E-state index in [2.05, 4.69) is 20.6 Å². The molecule has 0 atom stereocenters. The Balaban J connectivity index is 1.40.